The van der Waals surface area contributed by atoms with Crippen molar-refractivity contribution in [3.63, 3.8) is 0 Å². The van der Waals surface area contributed by atoms with E-state index < -0.39 is 21.9 Å². The Bertz CT molecular complexity index is 1210. The molecule has 1 amide bonds. The van der Waals surface area contributed by atoms with Gasteiger partial charge >= 0.3 is 0 Å². The number of nitrogens with one attached hydrogen (secondary N) is 2. The fraction of sp³-hybridized carbons (Fsp3) is 0.0476. The minimum atomic E-state index is -3.99. The maximum absolute atomic E-state index is 12.8. The predicted molar refractivity (Wildman–Crippen MR) is 109 cm³/mol. The highest BCUT2D eigenvalue weighted by atomic mass is 32.2. The Morgan fingerprint density at radius 1 is 0.900 bits per heavy atom. The molecular weight excluding hydrogens is 408 g/mol. The molecule has 3 aromatic rings. The smallest absolute Gasteiger partial charge is 0.262 e. The van der Waals surface area contributed by atoms with E-state index in [0.717, 1.165) is 0 Å². The first-order valence-corrected chi connectivity index (χ1v) is 10.2. The maximum Gasteiger partial charge on any atom is 0.262 e. The molecule has 30 heavy (non-hydrogen) atoms. The molecule has 0 radical (unpaired) electrons. The van der Waals surface area contributed by atoms with Gasteiger partial charge in [-0.2, -0.15) is 0 Å². The van der Waals surface area contributed by atoms with Crippen molar-refractivity contribution < 1.29 is 27.9 Å². The molecule has 0 saturated heterocycles. The summed E-state index contributed by atoms with van der Waals surface area (Å²) in [5.74, 6) is -1.62. The Labute approximate surface area is 173 Å². The van der Waals surface area contributed by atoms with Gasteiger partial charge < -0.3 is 20.0 Å². The van der Waals surface area contributed by atoms with Crippen LogP contribution < -0.4 is 19.9 Å². The topological polar surface area (TPSA) is 125 Å². The molecule has 3 rings (SSSR count). The number of carbonyl (C=O) groups excluding carboxylic acids is 2. The van der Waals surface area contributed by atoms with Gasteiger partial charge in [0.15, 0.2) is 0 Å². The summed E-state index contributed by atoms with van der Waals surface area (Å²) in [7, 11) is -2.56. The largest absolute Gasteiger partial charge is 0.545 e. The first-order chi connectivity index (χ1) is 14.3. The molecule has 0 aliphatic heterocycles. The summed E-state index contributed by atoms with van der Waals surface area (Å²) in [5, 5.41) is 13.5. The van der Waals surface area contributed by atoms with Crippen molar-refractivity contribution in [3.8, 4) is 5.75 Å². The first kappa shape index (κ1) is 20.9. The molecule has 0 atom stereocenters. The average molecular weight is 425 g/mol. The van der Waals surface area contributed by atoms with Crippen LogP contribution in [0.15, 0.2) is 77.7 Å². The van der Waals surface area contributed by atoms with E-state index in [1.54, 1.807) is 24.3 Å². The second-order valence-corrected chi connectivity index (χ2v) is 7.84. The van der Waals surface area contributed by atoms with Gasteiger partial charge in [0, 0.05) is 11.3 Å². The monoisotopic (exact) mass is 425 g/mol. The number of para-hydroxylation sites is 2. The molecule has 0 spiro atoms. The third kappa shape index (κ3) is 4.76. The molecule has 3 aromatic carbocycles. The van der Waals surface area contributed by atoms with Crippen molar-refractivity contribution in [2.75, 3.05) is 17.1 Å². The summed E-state index contributed by atoms with van der Waals surface area (Å²) in [6, 6.07) is 17.5. The van der Waals surface area contributed by atoms with Gasteiger partial charge in [0.05, 0.1) is 23.7 Å². The Morgan fingerprint density at radius 2 is 1.60 bits per heavy atom. The second-order valence-electron chi connectivity index (χ2n) is 6.16. The zero-order valence-electron chi connectivity index (χ0n) is 15.8. The molecule has 2 N–H and O–H groups in total. The van der Waals surface area contributed by atoms with E-state index in [4.69, 9.17) is 4.74 Å². The third-order valence-electron chi connectivity index (χ3n) is 4.11. The third-order valence-corrected chi connectivity index (χ3v) is 5.48. The fourth-order valence-electron chi connectivity index (χ4n) is 2.66. The number of sulfonamides is 1. The van der Waals surface area contributed by atoms with E-state index in [0.29, 0.717) is 5.75 Å². The van der Waals surface area contributed by atoms with E-state index in [1.165, 1.54) is 55.6 Å². The number of amides is 1. The van der Waals surface area contributed by atoms with Crippen LogP contribution in [0.4, 0.5) is 11.4 Å². The van der Waals surface area contributed by atoms with Gasteiger partial charge in [0.25, 0.3) is 15.9 Å². The molecule has 0 heterocycles. The lowest BCUT2D eigenvalue weighted by molar-refractivity contribution is -0.255. The van der Waals surface area contributed by atoms with Crippen LogP contribution in [0.5, 0.6) is 5.75 Å². The van der Waals surface area contributed by atoms with Crippen LogP contribution in [0.1, 0.15) is 20.7 Å². The van der Waals surface area contributed by atoms with E-state index in [2.05, 4.69) is 10.0 Å². The Kier molecular flexibility index (Phi) is 6.03. The number of hydrogen-bond acceptors (Lipinski definition) is 6. The van der Waals surface area contributed by atoms with E-state index in [-0.39, 0.29) is 27.4 Å². The molecule has 8 nitrogen and oxygen atoms in total. The lowest BCUT2D eigenvalue weighted by Crippen LogP contribution is -2.22. The summed E-state index contributed by atoms with van der Waals surface area (Å²) in [5.41, 5.74) is 0.484. The SMILES string of the molecule is COc1ccccc1NS(=O)(=O)c1cccc(C(=O)Nc2cccc(C(=O)[O-])c2)c1. The van der Waals surface area contributed by atoms with Crippen LogP contribution in [0.25, 0.3) is 0 Å². The number of methoxy groups -OCH3 is 1. The molecule has 0 fully saturated rings. The number of benzene rings is 3. The molecule has 0 aromatic heterocycles. The van der Waals surface area contributed by atoms with Crippen molar-refractivity contribution in [1.29, 1.82) is 0 Å². The van der Waals surface area contributed by atoms with Crippen LogP contribution >= 0.6 is 0 Å². The highest BCUT2D eigenvalue weighted by Gasteiger charge is 2.18. The normalized spacial score (nSPS) is 10.8. The number of carboxylic acid groups (broad SMARTS) is 1. The fourth-order valence-corrected chi connectivity index (χ4v) is 3.78. The molecule has 154 valence electrons. The zero-order valence-corrected chi connectivity index (χ0v) is 16.6. The minimum absolute atomic E-state index is 0.0803. The second kappa shape index (κ2) is 8.66. The zero-order chi connectivity index (χ0) is 21.7. The number of ether oxygens (including phenoxy) is 1. The van der Waals surface area contributed by atoms with Crippen molar-refractivity contribution >= 4 is 33.3 Å². The van der Waals surface area contributed by atoms with Gasteiger partial charge in [-0.05, 0) is 48.0 Å². The van der Waals surface area contributed by atoms with Crippen molar-refractivity contribution in [1.82, 2.24) is 0 Å². The first-order valence-electron chi connectivity index (χ1n) is 8.69. The van der Waals surface area contributed by atoms with E-state index >= 15 is 0 Å². The van der Waals surface area contributed by atoms with Gasteiger partial charge in [0.1, 0.15) is 5.75 Å². The lowest BCUT2D eigenvalue weighted by atomic mass is 10.2. The molecule has 0 saturated carbocycles. The number of anilines is 2. The summed E-state index contributed by atoms with van der Waals surface area (Å²) in [6.07, 6.45) is 0. The van der Waals surface area contributed by atoms with Crippen LogP contribution in [0, 0.1) is 0 Å². The van der Waals surface area contributed by atoms with E-state index in [1.807, 2.05) is 0 Å². The summed E-state index contributed by atoms with van der Waals surface area (Å²) >= 11 is 0. The van der Waals surface area contributed by atoms with E-state index in [9.17, 15) is 23.1 Å². The molecule has 0 unspecified atom stereocenters. The quantitative estimate of drug-likeness (QED) is 0.597. The molecule has 9 heteroatoms. The summed E-state index contributed by atoms with van der Waals surface area (Å²) < 4.78 is 33.1. The average Bonchev–Trinajstić information content (AvgIpc) is 2.74. The molecule has 0 aliphatic carbocycles. The van der Waals surface area contributed by atoms with Crippen molar-refractivity contribution in [3.05, 3.63) is 83.9 Å². The lowest BCUT2D eigenvalue weighted by Gasteiger charge is -2.12. The highest BCUT2D eigenvalue weighted by Crippen LogP contribution is 2.26. The summed E-state index contributed by atoms with van der Waals surface area (Å²) in [4.78, 5) is 23.4. The molecular formula is C21H17N2O6S-. The van der Waals surface area contributed by atoms with Crippen LogP contribution in [0.2, 0.25) is 0 Å². The Balaban J connectivity index is 1.84. The maximum atomic E-state index is 12.8. The number of hydrogen-bond donors (Lipinski definition) is 2. The molecule has 0 aliphatic rings. The number of carbonyl (C=O) groups is 2. The van der Waals surface area contributed by atoms with Gasteiger partial charge in [-0.15, -0.1) is 0 Å². The van der Waals surface area contributed by atoms with Crippen LogP contribution in [-0.4, -0.2) is 27.4 Å². The molecule has 0 bridgehead atoms. The van der Waals surface area contributed by atoms with Crippen molar-refractivity contribution in [2.45, 2.75) is 4.90 Å². The Hall–Kier alpha value is -3.85. The van der Waals surface area contributed by atoms with Crippen LogP contribution in [0.3, 0.4) is 0 Å². The predicted octanol–water partition coefficient (Wildman–Crippen LogP) is 2.11. The van der Waals surface area contributed by atoms with Gasteiger partial charge in [-0.25, -0.2) is 8.42 Å². The highest BCUT2D eigenvalue weighted by molar-refractivity contribution is 7.92. The number of aromatic carboxylic acids is 1. The van der Waals surface area contributed by atoms with Crippen LogP contribution in [-0.2, 0) is 10.0 Å². The number of rotatable bonds is 7. The van der Waals surface area contributed by atoms with Gasteiger partial charge in [-0.1, -0.05) is 30.3 Å². The Morgan fingerprint density at radius 3 is 2.33 bits per heavy atom. The summed E-state index contributed by atoms with van der Waals surface area (Å²) in [6.45, 7) is 0. The van der Waals surface area contributed by atoms with Gasteiger partial charge in [0.2, 0.25) is 0 Å². The van der Waals surface area contributed by atoms with Gasteiger partial charge in [-0.3, -0.25) is 9.52 Å². The minimum Gasteiger partial charge on any atom is -0.545 e. The standard InChI is InChI=1S/C21H18N2O6S/c1-29-19-11-3-2-10-18(19)23-30(27,28)17-9-5-6-14(13-17)20(24)22-16-8-4-7-15(12-16)21(25)26/h2-13,23H,1H3,(H,22,24)(H,25,26)/p-1. The number of carboxylic acids is 1. The van der Waals surface area contributed by atoms with Crippen molar-refractivity contribution in [2.24, 2.45) is 0 Å².